The molecular weight excluding hydrogens is 458 g/mol. The molecule has 2 aromatic rings. The van der Waals surface area contributed by atoms with Crippen molar-refractivity contribution in [2.45, 2.75) is 67.5 Å². The van der Waals surface area contributed by atoms with Gasteiger partial charge in [0.05, 0.1) is 10.6 Å². The van der Waals surface area contributed by atoms with E-state index in [4.69, 9.17) is 0 Å². The molecule has 0 unspecified atom stereocenters. The average molecular weight is 490 g/mol. The van der Waals surface area contributed by atoms with Crippen molar-refractivity contribution in [2.75, 3.05) is 24.2 Å². The van der Waals surface area contributed by atoms with Gasteiger partial charge in [0.15, 0.2) is 5.16 Å². The van der Waals surface area contributed by atoms with Gasteiger partial charge in [0, 0.05) is 31.2 Å². The standard InChI is InChI=1S/C23H31N5O3S2/c1-2-14-28-22(18-8-4-3-5-9-18)25-26-23(28)32-17-21(29)24-19-10-12-20(13-11-19)33(30,31)27-15-6-7-16-27/h2,10-13,18H,1,3-9,14-17H2,(H,24,29). The number of allylic oxidation sites excluding steroid dienone is 1. The van der Waals surface area contributed by atoms with Crippen molar-refractivity contribution in [3.05, 3.63) is 42.7 Å². The third kappa shape index (κ3) is 5.67. The van der Waals surface area contributed by atoms with E-state index in [0.717, 1.165) is 36.7 Å². The number of thioether (sulfide) groups is 1. The summed E-state index contributed by atoms with van der Waals surface area (Å²) in [7, 11) is -3.46. The van der Waals surface area contributed by atoms with Gasteiger partial charge < -0.3 is 9.88 Å². The van der Waals surface area contributed by atoms with Gasteiger partial charge in [-0.2, -0.15) is 4.31 Å². The van der Waals surface area contributed by atoms with E-state index in [-0.39, 0.29) is 16.6 Å². The number of rotatable bonds is 9. The minimum atomic E-state index is -3.46. The van der Waals surface area contributed by atoms with Gasteiger partial charge in [-0.25, -0.2) is 8.42 Å². The van der Waals surface area contributed by atoms with Crippen LogP contribution >= 0.6 is 11.8 Å². The molecule has 0 atom stereocenters. The van der Waals surface area contributed by atoms with Crippen LogP contribution in [0.15, 0.2) is 47.0 Å². The summed E-state index contributed by atoms with van der Waals surface area (Å²) in [4.78, 5) is 12.8. The number of amides is 1. The van der Waals surface area contributed by atoms with Crippen LogP contribution in [0.2, 0.25) is 0 Å². The number of carbonyl (C=O) groups excluding carboxylic acids is 1. The Kier molecular flexibility index (Phi) is 7.87. The predicted octanol–water partition coefficient (Wildman–Crippen LogP) is 4.03. The summed E-state index contributed by atoms with van der Waals surface area (Å²) < 4.78 is 28.9. The Hall–Kier alpha value is -2.17. The second-order valence-electron chi connectivity index (χ2n) is 8.55. The Balaban J connectivity index is 1.35. The topological polar surface area (TPSA) is 97.2 Å². The van der Waals surface area contributed by atoms with Crippen molar-refractivity contribution in [3.63, 3.8) is 0 Å². The lowest BCUT2D eigenvalue weighted by atomic mass is 9.89. The fourth-order valence-electron chi connectivity index (χ4n) is 4.49. The maximum Gasteiger partial charge on any atom is 0.243 e. The first-order chi connectivity index (χ1) is 16.0. The summed E-state index contributed by atoms with van der Waals surface area (Å²) in [6.45, 7) is 5.61. The zero-order valence-corrected chi connectivity index (χ0v) is 20.4. The molecule has 1 saturated carbocycles. The van der Waals surface area contributed by atoms with Gasteiger partial charge in [-0.1, -0.05) is 37.1 Å². The van der Waals surface area contributed by atoms with Gasteiger partial charge in [0.2, 0.25) is 15.9 Å². The highest BCUT2D eigenvalue weighted by Gasteiger charge is 2.27. The Bertz CT molecular complexity index is 1070. The molecule has 0 bridgehead atoms. The first-order valence-electron chi connectivity index (χ1n) is 11.6. The second-order valence-corrected chi connectivity index (χ2v) is 11.4. The number of nitrogens with zero attached hydrogens (tertiary/aromatic N) is 4. The molecule has 1 aromatic heterocycles. The molecule has 2 fully saturated rings. The summed E-state index contributed by atoms with van der Waals surface area (Å²) in [5.41, 5.74) is 0.566. The molecule has 1 N–H and O–H groups in total. The SMILES string of the molecule is C=CCn1c(SCC(=O)Nc2ccc(S(=O)(=O)N3CCCC3)cc2)nnc1C1CCCCC1. The Labute approximate surface area is 199 Å². The molecule has 0 spiro atoms. The molecule has 2 heterocycles. The van der Waals surface area contributed by atoms with Crippen molar-refractivity contribution in [2.24, 2.45) is 0 Å². The van der Waals surface area contributed by atoms with Crippen LogP contribution in [-0.2, 0) is 21.4 Å². The maximum atomic E-state index is 12.6. The van der Waals surface area contributed by atoms with E-state index in [2.05, 4.69) is 26.7 Å². The quantitative estimate of drug-likeness (QED) is 0.422. The van der Waals surface area contributed by atoms with Crippen LogP contribution in [0.25, 0.3) is 0 Å². The van der Waals surface area contributed by atoms with Crippen molar-refractivity contribution < 1.29 is 13.2 Å². The molecule has 1 aliphatic heterocycles. The Morgan fingerprint density at radius 1 is 1.09 bits per heavy atom. The molecule has 1 aliphatic carbocycles. The summed E-state index contributed by atoms with van der Waals surface area (Å²) in [6, 6.07) is 6.36. The van der Waals surface area contributed by atoms with E-state index < -0.39 is 10.0 Å². The van der Waals surface area contributed by atoms with Crippen LogP contribution in [0.5, 0.6) is 0 Å². The molecule has 10 heteroatoms. The Morgan fingerprint density at radius 2 is 1.79 bits per heavy atom. The van der Waals surface area contributed by atoms with Gasteiger partial charge in [0.1, 0.15) is 5.82 Å². The lowest BCUT2D eigenvalue weighted by molar-refractivity contribution is -0.113. The monoisotopic (exact) mass is 489 g/mol. The number of nitrogens with one attached hydrogen (secondary N) is 1. The molecule has 1 amide bonds. The van der Waals surface area contributed by atoms with Crippen molar-refractivity contribution >= 4 is 33.4 Å². The molecule has 1 saturated heterocycles. The van der Waals surface area contributed by atoms with E-state index in [1.807, 2.05) is 6.08 Å². The highest BCUT2D eigenvalue weighted by molar-refractivity contribution is 7.99. The van der Waals surface area contributed by atoms with E-state index in [9.17, 15) is 13.2 Å². The lowest BCUT2D eigenvalue weighted by Crippen LogP contribution is -2.27. The molecule has 1 aromatic carbocycles. The summed E-state index contributed by atoms with van der Waals surface area (Å²) in [6.07, 6.45) is 9.59. The van der Waals surface area contributed by atoms with Gasteiger partial charge in [-0.3, -0.25) is 4.79 Å². The first kappa shape index (κ1) is 24.0. The molecular formula is C23H31N5O3S2. The minimum Gasteiger partial charge on any atom is -0.325 e. The summed E-state index contributed by atoms with van der Waals surface area (Å²) in [5, 5.41) is 12.3. The minimum absolute atomic E-state index is 0.178. The van der Waals surface area contributed by atoms with E-state index >= 15 is 0 Å². The van der Waals surface area contributed by atoms with Crippen LogP contribution in [-0.4, -0.2) is 52.2 Å². The van der Waals surface area contributed by atoms with Gasteiger partial charge in [-0.15, -0.1) is 16.8 Å². The summed E-state index contributed by atoms with van der Waals surface area (Å²) in [5.74, 6) is 1.42. The maximum absolute atomic E-state index is 12.6. The van der Waals surface area contributed by atoms with Crippen molar-refractivity contribution in [1.82, 2.24) is 19.1 Å². The van der Waals surface area contributed by atoms with Gasteiger partial charge in [-0.05, 0) is 49.9 Å². The van der Waals surface area contributed by atoms with E-state index in [0.29, 0.717) is 31.2 Å². The van der Waals surface area contributed by atoms with E-state index in [1.165, 1.54) is 35.3 Å². The zero-order chi connectivity index (χ0) is 23.3. The van der Waals surface area contributed by atoms with Gasteiger partial charge >= 0.3 is 0 Å². The van der Waals surface area contributed by atoms with Crippen LogP contribution in [0.3, 0.4) is 0 Å². The van der Waals surface area contributed by atoms with Crippen LogP contribution in [0.4, 0.5) is 5.69 Å². The molecule has 178 valence electrons. The number of sulfonamides is 1. The summed E-state index contributed by atoms with van der Waals surface area (Å²) >= 11 is 1.35. The highest BCUT2D eigenvalue weighted by atomic mass is 32.2. The smallest absolute Gasteiger partial charge is 0.243 e. The zero-order valence-electron chi connectivity index (χ0n) is 18.8. The Morgan fingerprint density at radius 3 is 2.45 bits per heavy atom. The first-order valence-corrected chi connectivity index (χ1v) is 14.0. The number of aromatic nitrogens is 3. The molecule has 2 aliphatic rings. The van der Waals surface area contributed by atoms with E-state index in [1.54, 1.807) is 24.3 Å². The second kappa shape index (κ2) is 10.8. The molecule has 4 rings (SSSR count). The highest BCUT2D eigenvalue weighted by Crippen LogP contribution is 2.33. The number of benzene rings is 1. The predicted molar refractivity (Wildman–Crippen MR) is 130 cm³/mol. The fraction of sp³-hybridized carbons (Fsp3) is 0.522. The number of hydrogen-bond acceptors (Lipinski definition) is 6. The third-order valence-corrected chi connectivity index (χ3v) is 9.08. The van der Waals surface area contributed by atoms with Gasteiger partial charge in [0.25, 0.3) is 0 Å². The lowest BCUT2D eigenvalue weighted by Gasteiger charge is -2.21. The van der Waals surface area contributed by atoms with Crippen LogP contribution in [0.1, 0.15) is 56.7 Å². The number of anilines is 1. The molecule has 0 radical (unpaired) electrons. The fourth-order valence-corrected chi connectivity index (χ4v) is 6.76. The third-order valence-electron chi connectivity index (χ3n) is 6.20. The average Bonchev–Trinajstić information content (AvgIpc) is 3.50. The van der Waals surface area contributed by atoms with Crippen LogP contribution < -0.4 is 5.32 Å². The number of hydrogen-bond donors (Lipinski definition) is 1. The van der Waals surface area contributed by atoms with Crippen molar-refractivity contribution in [3.8, 4) is 0 Å². The normalized spacial score (nSPS) is 17.8. The number of carbonyl (C=O) groups is 1. The molecule has 33 heavy (non-hydrogen) atoms. The van der Waals surface area contributed by atoms with Crippen molar-refractivity contribution in [1.29, 1.82) is 0 Å². The largest absolute Gasteiger partial charge is 0.325 e. The molecule has 8 nitrogen and oxygen atoms in total. The van der Waals surface area contributed by atoms with Crippen LogP contribution in [0, 0.1) is 0 Å².